The Hall–Kier alpha value is -1.17. The Morgan fingerprint density at radius 3 is 2.28 bits per heavy atom. The molecule has 0 saturated carbocycles. The zero-order chi connectivity index (χ0) is 16.9. The molecule has 1 aliphatic heterocycles. The molecule has 0 spiro atoms. The lowest BCUT2D eigenvalue weighted by molar-refractivity contribution is -0.128. The first-order valence-corrected chi connectivity index (χ1v) is 8.30. The maximum atomic E-state index is 11.9. The summed E-state index contributed by atoms with van der Waals surface area (Å²) in [6, 6.07) is 8.16. The number of ether oxygens (including phenoxy) is 1. The van der Waals surface area contributed by atoms with Crippen LogP contribution in [0.4, 0.5) is 5.69 Å². The average molecular weight is 392 g/mol. The Balaban J connectivity index is 0.00000288. The maximum Gasteiger partial charge on any atom is 0.225 e. The molecule has 0 bridgehead atoms. The first kappa shape index (κ1) is 23.8. The topological polar surface area (TPSA) is 44.8 Å². The van der Waals surface area contributed by atoms with Crippen molar-refractivity contribution in [2.75, 3.05) is 51.3 Å². The lowest BCUT2D eigenvalue weighted by Crippen LogP contribution is -2.49. The van der Waals surface area contributed by atoms with Crippen LogP contribution in [0.5, 0.6) is 5.75 Å². The Bertz CT molecular complexity index is 527. The molecule has 144 valence electrons. The van der Waals surface area contributed by atoms with Gasteiger partial charge in [-0.3, -0.25) is 9.69 Å². The maximum absolute atomic E-state index is 11.9. The van der Waals surface area contributed by atoms with Gasteiger partial charge in [0.05, 0.1) is 12.8 Å². The van der Waals surface area contributed by atoms with Crippen LogP contribution in [0, 0.1) is 5.41 Å². The van der Waals surface area contributed by atoms with Gasteiger partial charge in [-0.2, -0.15) is 0 Å². The van der Waals surface area contributed by atoms with Crippen LogP contribution in [-0.4, -0.2) is 57.2 Å². The number of anilines is 1. The van der Waals surface area contributed by atoms with Gasteiger partial charge in [0.25, 0.3) is 0 Å². The van der Waals surface area contributed by atoms with Crippen molar-refractivity contribution >= 4 is 36.4 Å². The van der Waals surface area contributed by atoms with E-state index < -0.39 is 0 Å². The van der Waals surface area contributed by atoms with E-state index in [9.17, 15) is 4.79 Å². The Kier molecular flexibility index (Phi) is 10.2. The van der Waals surface area contributed by atoms with Gasteiger partial charge in [-0.1, -0.05) is 32.9 Å². The summed E-state index contributed by atoms with van der Waals surface area (Å²) in [4.78, 5) is 16.6. The third-order valence-electron chi connectivity index (χ3n) is 4.19. The van der Waals surface area contributed by atoms with Gasteiger partial charge in [-0.05, 0) is 12.1 Å². The van der Waals surface area contributed by atoms with E-state index in [2.05, 4.69) is 21.2 Å². The van der Waals surface area contributed by atoms with E-state index in [1.54, 1.807) is 7.11 Å². The smallest absolute Gasteiger partial charge is 0.225 e. The summed E-state index contributed by atoms with van der Waals surface area (Å²) in [6.07, 6.45) is 0. The van der Waals surface area contributed by atoms with Crippen LogP contribution in [0.25, 0.3) is 0 Å². The fourth-order valence-electron chi connectivity index (χ4n) is 2.70. The zero-order valence-corrected chi connectivity index (χ0v) is 17.2. The van der Waals surface area contributed by atoms with Gasteiger partial charge in [0.1, 0.15) is 5.75 Å². The summed E-state index contributed by atoms with van der Waals surface area (Å²) in [5.41, 5.74) is 0.846. The number of nitrogens with one attached hydrogen (secondary N) is 1. The van der Waals surface area contributed by atoms with Crippen LogP contribution in [-0.2, 0) is 4.79 Å². The van der Waals surface area contributed by atoms with Gasteiger partial charge >= 0.3 is 0 Å². The Morgan fingerprint density at radius 1 is 1.12 bits per heavy atom. The highest BCUT2D eigenvalue weighted by atomic mass is 35.5. The number of halogens is 2. The number of hydrogen-bond acceptors (Lipinski definition) is 4. The molecule has 0 atom stereocenters. The predicted octanol–water partition coefficient (Wildman–Crippen LogP) is 2.82. The summed E-state index contributed by atoms with van der Waals surface area (Å²) in [5.74, 6) is 1.04. The molecule has 0 radical (unpaired) electrons. The summed E-state index contributed by atoms with van der Waals surface area (Å²) in [5, 5.41) is 3.02. The van der Waals surface area contributed by atoms with Crippen LogP contribution in [0.1, 0.15) is 20.8 Å². The van der Waals surface area contributed by atoms with E-state index in [4.69, 9.17) is 4.74 Å². The highest BCUT2D eigenvalue weighted by molar-refractivity contribution is 5.85. The molecular formula is C18H31Cl2N3O2. The number of para-hydroxylation sites is 2. The van der Waals surface area contributed by atoms with Gasteiger partial charge < -0.3 is 15.0 Å². The minimum Gasteiger partial charge on any atom is -0.495 e. The number of benzene rings is 1. The van der Waals surface area contributed by atoms with E-state index in [0.717, 1.165) is 44.2 Å². The SMILES string of the molecule is COc1ccccc1N1CCN(CCNC(=O)C(C)(C)C)CC1.Cl.Cl. The van der Waals surface area contributed by atoms with Gasteiger partial charge in [0.15, 0.2) is 0 Å². The largest absolute Gasteiger partial charge is 0.495 e. The molecule has 1 saturated heterocycles. The molecule has 5 nitrogen and oxygen atoms in total. The van der Waals surface area contributed by atoms with Crippen molar-refractivity contribution in [3.8, 4) is 5.75 Å². The second-order valence-corrected chi connectivity index (χ2v) is 7.01. The molecular weight excluding hydrogens is 361 g/mol. The summed E-state index contributed by atoms with van der Waals surface area (Å²) in [6.45, 7) is 11.4. The fraction of sp³-hybridized carbons (Fsp3) is 0.611. The Morgan fingerprint density at radius 2 is 1.72 bits per heavy atom. The number of carbonyl (C=O) groups excluding carboxylic acids is 1. The number of nitrogens with zero attached hydrogens (tertiary/aromatic N) is 2. The molecule has 1 fully saturated rings. The normalized spacial score (nSPS) is 15.0. The van der Waals surface area contributed by atoms with Crippen molar-refractivity contribution in [2.45, 2.75) is 20.8 Å². The number of carbonyl (C=O) groups is 1. The third kappa shape index (κ3) is 6.92. The van der Waals surface area contributed by atoms with E-state index in [1.807, 2.05) is 39.0 Å². The molecule has 2 rings (SSSR count). The minimum absolute atomic E-state index is 0. The molecule has 0 aliphatic carbocycles. The first-order valence-electron chi connectivity index (χ1n) is 8.30. The summed E-state index contributed by atoms with van der Waals surface area (Å²) in [7, 11) is 1.72. The second-order valence-electron chi connectivity index (χ2n) is 7.01. The first-order chi connectivity index (χ1) is 10.9. The highest BCUT2D eigenvalue weighted by Gasteiger charge is 2.22. The highest BCUT2D eigenvalue weighted by Crippen LogP contribution is 2.28. The molecule has 1 aliphatic rings. The lowest BCUT2D eigenvalue weighted by Gasteiger charge is -2.36. The standard InChI is InChI=1S/C18H29N3O2.2ClH/c1-18(2,3)17(22)19-9-10-20-11-13-21(14-12-20)15-7-5-6-8-16(15)23-4;;/h5-8H,9-14H2,1-4H3,(H,19,22);2*1H. The van der Waals surface area contributed by atoms with E-state index in [-0.39, 0.29) is 36.1 Å². The quantitative estimate of drug-likeness (QED) is 0.837. The van der Waals surface area contributed by atoms with Gasteiger partial charge in [-0.15, -0.1) is 24.8 Å². The molecule has 0 unspecified atom stereocenters. The number of methoxy groups -OCH3 is 1. The molecule has 1 amide bonds. The molecule has 7 heteroatoms. The molecule has 1 aromatic carbocycles. The number of amides is 1. The predicted molar refractivity (Wildman–Crippen MR) is 109 cm³/mol. The van der Waals surface area contributed by atoms with Crippen molar-refractivity contribution < 1.29 is 9.53 Å². The second kappa shape index (κ2) is 10.7. The molecule has 1 N–H and O–H groups in total. The van der Waals surface area contributed by atoms with Crippen LogP contribution in [0.15, 0.2) is 24.3 Å². The van der Waals surface area contributed by atoms with Crippen molar-refractivity contribution in [2.24, 2.45) is 5.41 Å². The monoisotopic (exact) mass is 391 g/mol. The van der Waals surface area contributed by atoms with Gasteiger partial charge in [-0.25, -0.2) is 0 Å². The number of rotatable bonds is 5. The van der Waals surface area contributed by atoms with Gasteiger partial charge in [0.2, 0.25) is 5.91 Å². The molecule has 1 heterocycles. The number of piperazine rings is 1. The fourth-order valence-corrected chi connectivity index (χ4v) is 2.70. The van der Waals surface area contributed by atoms with Crippen LogP contribution in [0.3, 0.4) is 0 Å². The van der Waals surface area contributed by atoms with Crippen molar-refractivity contribution in [1.29, 1.82) is 0 Å². The molecule has 25 heavy (non-hydrogen) atoms. The lowest BCUT2D eigenvalue weighted by atomic mass is 9.96. The van der Waals surface area contributed by atoms with Crippen LogP contribution < -0.4 is 15.0 Å². The van der Waals surface area contributed by atoms with E-state index >= 15 is 0 Å². The van der Waals surface area contributed by atoms with E-state index in [1.165, 1.54) is 0 Å². The molecule has 1 aromatic rings. The van der Waals surface area contributed by atoms with Crippen molar-refractivity contribution in [3.05, 3.63) is 24.3 Å². The van der Waals surface area contributed by atoms with E-state index in [0.29, 0.717) is 6.54 Å². The van der Waals surface area contributed by atoms with Crippen LogP contribution in [0.2, 0.25) is 0 Å². The van der Waals surface area contributed by atoms with Crippen molar-refractivity contribution in [1.82, 2.24) is 10.2 Å². The molecule has 0 aromatic heterocycles. The third-order valence-corrected chi connectivity index (χ3v) is 4.19. The van der Waals surface area contributed by atoms with Gasteiger partial charge in [0, 0.05) is 44.7 Å². The minimum atomic E-state index is -0.317. The summed E-state index contributed by atoms with van der Waals surface area (Å²) >= 11 is 0. The summed E-state index contributed by atoms with van der Waals surface area (Å²) < 4.78 is 5.45. The van der Waals surface area contributed by atoms with Crippen LogP contribution >= 0.6 is 24.8 Å². The average Bonchev–Trinajstić information content (AvgIpc) is 2.54. The zero-order valence-electron chi connectivity index (χ0n) is 15.6. The number of hydrogen-bond donors (Lipinski definition) is 1. The Labute approximate surface area is 163 Å². The van der Waals surface area contributed by atoms with Crippen molar-refractivity contribution in [3.63, 3.8) is 0 Å².